The molecule has 0 aliphatic carbocycles. The Kier molecular flexibility index (Phi) is 4.39. The van der Waals surface area contributed by atoms with Gasteiger partial charge in [-0.15, -0.1) is 0 Å². The van der Waals surface area contributed by atoms with Gasteiger partial charge in [-0.2, -0.15) is 0 Å². The van der Waals surface area contributed by atoms with E-state index in [1.165, 1.54) is 0 Å². The van der Waals surface area contributed by atoms with Crippen LogP contribution in [0.5, 0.6) is 0 Å². The highest BCUT2D eigenvalue weighted by Crippen LogP contribution is 2.17. The third kappa shape index (κ3) is 3.29. The Bertz CT molecular complexity index is 290. The van der Waals surface area contributed by atoms with Crippen LogP contribution in [-0.4, -0.2) is 17.8 Å². The van der Waals surface area contributed by atoms with Gasteiger partial charge in [-0.25, -0.2) is 0 Å². The van der Waals surface area contributed by atoms with E-state index in [2.05, 4.69) is 12.2 Å². The van der Waals surface area contributed by atoms with Crippen molar-refractivity contribution in [2.24, 2.45) is 0 Å². The lowest BCUT2D eigenvalue weighted by Crippen LogP contribution is -2.31. The van der Waals surface area contributed by atoms with Crippen LogP contribution in [0.1, 0.15) is 25.5 Å². The molecule has 0 saturated heterocycles. The van der Waals surface area contributed by atoms with Gasteiger partial charge in [0.1, 0.15) is 0 Å². The van der Waals surface area contributed by atoms with Crippen molar-refractivity contribution in [1.29, 1.82) is 0 Å². The first-order chi connectivity index (χ1) is 6.63. The quantitative estimate of drug-likeness (QED) is 0.805. The maximum atomic E-state index is 8.90. The van der Waals surface area contributed by atoms with Crippen molar-refractivity contribution in [3.8, 4) is 0 Å². The number of benzene rings is 1. The average molecular weight is 214 g/mol. The molecule has 3 heteroatoms. The van der Waals surface area contributed by atoms with Gasteiger partial charge < -0.3 is 10.4 Å². The molecule has 2 N–H and O–H groups in total. The summed E-state index contributed by atoms with van der Waals surface area (Å²) in [6.45, 7) is 4.14. The number of aliphatic hydroxyl groups excluding tert-OH is 1. The molecule has 1 aromatic carbocycles. The van der Waals surface area contributed by atoms with Crippen molar-refractivity contribution in [2.75, 3.05) is 6.61 Å². The highest BCUT2D eigenvalue weighted by Gasteiger charge is 2.08. The van der Waals surface area contributed by atoms with E-state index in [0.29, 0.717) is 0 Å². The first-order valence-corrected chi connectivity index (χ1v) is 5.13. The second-order valence-corrected chi connectivity index (χ2v) is 3.96. The van der Waals surface area contributed by atoms with E-state index >= 15 is 0 Å². The van der Waals surface area contributed by atoms with Crippen LogP contribution in [0.3, 0.4) is 0 Å². The Morgan fingerprint density at radius 1 is 1.43 bits per heavy atom. The molecular weight excluding hydrogens is 198 g/mol. The summed E-state index contributed by atoms with van der Waals surface area (Å²) in [6, 6.07) is 8.05. The van der Waals surface area contributed by atoms with E-state index in [9.17, 15) is 0 Å². The highest BCUT2D eigenvalue weighted by molar-refractivity contribution is 6.30. The average Bonchev–Trinajstić information content (AvgIpc) is 2.17. The van der Waals surface area contributed by atoms with Crippen LogP contribution in [0.25, 0.3) is 0 Å². The van der Waals surface area contributed by atoms with E-state index in [4.69, 9.17) is 16.7 Å². The Morgan fingerprint density at radius 2 is 2.14 bits per heavy atom. The zero-order valence-electron chi connectivity index (χ0n) is 8.50. The molecule has 78 valence electrons. The molecule has 0 amide bonds. The first-order valence-electron chi connectivity index (χ1n) is 4.76. The molecule has 0 heterocycles. The lowest BCUT2D eigenvalue weighted by molar-refractivity contribution is 0.243. The van der Waals surface area contributed by atoms with Gasteiger partial charge in [-0.3, -0.25) is 0 Å². The van der Waals surface area contributed by atoms with Gasteiger partial charge >= 0.3 is 0 Å². The van der Waals surface area contributed by atoms with Gasteiger partial charge in [0.25, 0.3) is 0 Å². The number of nitrogens with one attached hydrogen (secondary N) is 1. The van der Waals surface area contributed by atoms with Gasteiger partial charge in [0.2, 0.25) is 0 Å². The van der Waals surface area contributed by atoms with E-state index in [1.54, 1.807) is 0 Å². The Morgan fingerprint density at radius 3 is 2.71 bits per heavy atom. The molecule has 0 unspecified atom stereocenters. The fourth-order valence-electron chi connectivity index (χ4n) is 1.35. The molecule has 0 fully saturated rings. The molecule has 1 rings (SSSR count). The fourth-order valence-corrected chi connectivity index (χ4v) is 1.55. The predicted molar refractivity (Wildman–Crippen MR) is 59.6 cm³/mol. The Balaban J connectivity index is 2.64. The summed E-state index contributed by atoms with van der Waals surface area (Å²) in [5.74, 6) is 0. The molecule has 2 nitrogen and oxygen atoms in total. The molecule has 0 spiro atoms. The summed E-state index contributed by atoms with van der Waals surface area (Å²) < 4.78 is 0. The summed E-state index contributed by atoms with van der Waals surface area (Å²) in [5.41, 5.74) is 1.14. The number of hydrogen-bond donors (Lipinski definition) is 2. The van der Waals surface area contributed by atoms with Crippen LogP contribution < -0.4 is 5.32 Å². The molecule has 0 bridgehead atoms. The minimum atomic E-state index is 0.101. The summed E-state index contributed by atoms with van der Waals surface area (Å²) >= 11 is 5.88. The summed E-state index contributed by atoms with van der Waals surface area (Å²) in [6.07, 6.45) is 0. The standard InChI is InChI=1S/C11H16ClNO/c1-8(7-14)13-9(2)10-4-3-5-11(12)6-10/h3-6,8-9,13-14H,7H2,1-2H3/t8-,9+/m1/s1. The second kappa shape index (κ2) is 5.35. The lowest BCUT2D eigenvalue weighted by atomic mass is 10.1. The molecule has 2 atom stereocenters. The van der Waals surface area contributed by atoms with Crippen molar-refractivity contribution < 1.29 is 5.11 Å². The summed E-state index contributed by atoms with van der Waals surface area (Å²) in [7, 11) is 0. The van der Waals surface area contributed by atoms with Crippen LogP contribution in [0.15, 0.2) is 24.3 Å². The number of hydrogen-bond acceptors (Lipinski definition) is 2. The molecule has 0 radical (unpaired) electrons. The van der Waals surface area contributed by atoms with Crippen LogP contribution >= 0.6 is 11.6 Å². The predicted octanol–water partition coefficient (Wildman–Crippen LogP) is 2.37. The topological polar surface area (TPSA) is 32.3 Å². The van der Waals surface area contributed by atoms with Gasteiger partial charge in [0.15, 0.2) is 0 Å². The third-order valence-electron chi connectivity index (χ3n) is 2.16. The van der Waals surface area contributed by atoms with Gasteiger partial charge in [-0.1, -0.05) is 23.7 Å². The van der Waals surface area contributed by atoms with Crippen LogP contribution in [-0.2, 0) is 0 Å². The molecule has 0 aliphatic heterocycles. The summed E-state index contributed by atoms with van der Waals surface area (Å²) in [4.78, 5) is 0. The molecule has 0 saturated carbocycles. The first kappa shape index (κ1) is 11.5. The van der Waals surface area contributed by atoms with Crippen molar-refractivity contribution in [3.63, 3.8) is 0 Å². The van der Waals surface area contributed by atoms with E-state index in [1.807, 2.05) is 31.2 Å². The number of aliphatic hydroxyl groups is 1. The zero-order valence-corrected chi connectivity index (χ0v) is 9.25. The van der Waals surface area contributed by atoms with Crippen LogP contribution in [0, 0.1) is 0 Å². The Hall–Kier alpha value is -0.570. The van der Waals surface area contributed by atoms with Crippen molar-refractivity contribution in [2.45, 2.75) is 25.9 Å². The Labute approximate surface area is 89.9 Å². The maximum absolute atomic E-state index is 8.90. The highest BCUT2D eigenvalue weighted by atomic mass is 35.5. The number of halogens is 1. The normalized spacial score (nSPS) is 15.1. The molecular formula is C11H16ClNO. The lowest BCUT2D eigenvalue weighted by Gasteiger charge is -2.18. The fraction of sp³-hybridized carbons (Fsp3) is 0.455. The third-order valence-corrected chi connectivity index (χ3v) is 2.39. The van der Waals surface area contributed by atoms with Crippen LogP contribution in [0.2, 0.25) is 5.02 Å². The zero-order chi connectivity index (χ0) is 10.6. The monoisotopic (exact) mass is 213 g/mol. The van der Waals surface area contributed by atoms with Crippen LogP contribution in [0.4, 0.5) is 0 Å². The van der Waals surface area contributed by atoms with E-state index in [-0.39, 0.29) is 18.7 Å². The molecule has 0 aliphatic rings. The smallest absolute Gasteiger partial charge is 0.0582 e. The minimum Gasteiger partial charge on any atom is -0.395 e. The summed E-state index contributed by atoms with van der Waals surface area (Å²) in [5, 5.41) is 12.9. The second-order valence-electron chi connectivity index (χ2n) is 3.53. The van der Waals surface area contributed by atoms with Crippen molar-refractivity contribution >= 4 is 11.6 Å². The largest absolute Gasteiger partial charge is 0.395 e. The van der Waals surface area contributed by atoms with E-state index in [0.717, 1.165) is 10.6 Å². The minimum absolute atomic E-state index is 0.101. The molecule has 0 aromatic heterocycles. The molecule has 14 heavy (non-hydrogen) atoms. The SMILES string of the molecule is C[C@H](CO)N[C@@H](C)c1cccc(Cl)c1. The van der Waals surface area contributed by atoms with Crippen molar-refractivity contribution in [3.05, 3.63) is 34.9 Å². The van der Waals surface area contributed by atoms with Gasteiger partial charge in [0.05, 0.1) is 6.61 Å². The molecule has 1 aromatic rings. The van der Waals surface area contributed by atoms with Crippen molar-refractivity contribution in [1.82, 2.24) is 5.32 Å². The maximum Gasteiger partial charge on any atom is 0.0582 e. The van der Waals surface area contributed by atoms with Gasteiger partial charge in [-0.05, 0) is 31.5 Å². The van der Waals surface area contributed by atoms with Gasteiger partial charge in [0, 0.05) is 17.1 Å². The van der Waals surface area contributed by atoms with E-state index < -0.39 is 0 Å². The number of rotatable bonds is 4.